The largest absolute Gasteiger partial charge is 0.322 e. The number of piperazine rings is 1. The molecule has 0 spiro atoms. The molecule has 5 rings (SSSR count). The SMILES string of the molecule is Cc1ccccc1C[NH+]1CC[NH+](CN2C(=O)c3cccc4cccc2c34)CC1. The number of benzene rings is 3. The van der Waals surface area contributed by atoms with Gasteiger partial charge in [0, 0.05) is 10.9 Å². The number of nitrogens with one attached hydrogen (secondary N) is 2. The quantitative estimate of drug-likeness (QED) is 0.703. The van der Waals surface area contributed by atoms with Gasteiger partial charge in [0.1, 0.15) is 32.7 Å². The van der Waals surface area contributed by atoms with Crippen LogP contribution in [0.15, 0.2) is 60.7 Å². The van der Waals surface area contributed by atoms with Gasteiger partial charge in [-0.1, -0.05) is 48.5 Å². The summed E-state index contributed by atoms with van der Waals surface area (Å²) >= 11 is 0. The summed E-state index contributed by atoms with van der Waals surface area (Å²) in [4.78, 5) is 18.2. The molecule has 3 aromatic rings. The third kappa shape index (κ3) is 2.99. The summed E-state index contributed by atoms with van der Waals surface area (Å²) in [5, 5.41) is 2.28. The van der Waals surface area contributed by atoms with Gasteiger partial charge in [0.15, 0.2) is 6.67 Å². The van der Waals surface area contributed by atoms with E-state index >= 15 is 0 Å². The molecule has 1 amide bonds. The number of quaternary nitrogens is 2. The topological polar surface area (TPSA) is 29.2 Å². The molecule has 2 aliphatic heterocycles. The molecular weight excluding hydrogens is 346 g/mol. The lowest BCUT2D eigenvalue weighted by molar-refractivity contribution is -1.02. The molecule has 0 radical (unpaired) electrons. The van der Waals surface area contributed by atoms with Crippen molar-refractivity contribution in [3.8, 4) is 0 Å². The molecule has 0 aromatic heterocycles. The van der Waals surface area contributed by atoms with Crippen LogP contribution in [0, 0.1) is 6.92 Å². The molecule has 4 nitrogen and oxygen atoms in total. The number of hydrogen-bond acceptors (Lipinski definition) is 1. The first-order chi connectivity index (χ1) is 13.7. The van der Waals surface area contributed by atoms with Crippen LogP contribution in [0.5, 0.6) is 0 Å². The molecular formula is C24H27N3O+2. The Hall–Kier alpha value is -2.69. The minimum absolute atomic E-state index is 0.161. The van der Waals surface area contributed by atoms with Gasteiger partial charge in [-0.3, -0.25) is 9.69 Å². The van der Waals surface area contributed by atoms with E-state index in [4.69, 9.17) is 0 Å². The number of carbonyl (C=O) groups is 1. The van der Waals surface area contributed by atoms with Crippen molar-refractivity contribution in [2.24, 2.45) is 0 Å². The predicted octanol–water partition coefficient (Wildman–Crippen LogP) is 1.05. The second-order valence-corrected chi connectivity index (χ2v) is 8.18. The summed E-state index contributed by atoms with van der Waals surface area (Å²) in [7, 11) is 0. The third-order valence-corrected chi connectivity index (χ3v) is 6.40. The van der Waals surface area contributed by atoms with Crippen molar-refractivity contribution in [2.75, 3.05) is 37.7 Å². The highest BCUT2D eigenvalue weighted by atomic mass is 16.2. The van der Waals surface area contributed by atoms with Crippen molar-refractivity contribution in [3.63, 3.8) is 0 Å². The van der Waals surface area contributed by atoms with Crippen LogP contribution >= 0.6 is 0 Å². The first-order valence-electron chi connectivity index (χ1n) is 10.3. The van der Waals surface area contributed by atoms with Crippen LogP contribution in [0.4, 0.5) is 5.69 Å². The van der Waals surface area contributed by atoms with Gasteiger partial charge in [0.05, 0.1) is 11.3 Å². The fourth-order valence-corrected chi connectivity index (χ4v) is 4.73. The fraction of sp³-hybridized carbons (Fsp3) is 0.292. The Morgan fingerprint density at radius 2 is 1.57 bits per heavy atom. The van der Waals surface area contributed by atoms with Crippen LogP contribution in [-0.4, -0.2) is 38.8 Å². The maximum Gasteiger partial charge on any atom is 0.263 e. The van der Waals surface area contributed by atoms with Crippen LogP contribution in [0.25, 0.3) is 10.8 Å². The second-order valence-electron chi connectivity index (χ2n) is 8.18. The molecule has 4 heteroatoms. The van der Waals surface area contributed by atoms with E-state index in [2.05, 4.69) is 55.5 Å². The lowest BCUT2D eigenvalue weighted by Crippen LogP contribution is -3.28. The summed E-state index contributed by atoms with van der Waals surface area (Å²) < 4.78 is 0. The van der Waals surface area contributed by atoms with Crippen LogP contribution in [-0.2, 0) is 6.54 Å². The average Bonchev–Trinajstić information content (AvgIpc) is 2.99. The number of carbonyl (C=O) groups excluding carboxylic acids is 1. The highest BCUT2D eigenvalue weighted by molar-refractivity contribution is 6.24. The summed E-state index contributed by atoms with van der Waals surface area (Å²) in [6.07, 6.45) is 0. The molecule has 2 aliphatic rings. The highest BCUT2D eigenvalue weighted by Crippen LogP contribution is 2.36. The Kier molecular flexibility index (Phi) is 4.38. The Morgan fingerprint density at radius 1 is 0.857 bits per heavy atom. The van der Waals surface area contributed by atoms with E-state index in [1.165, 1.54) is 16.0 Å². The smallest absolute Gasteiger partial charge is 0.263 e. The Labute approximate surface area is 166 Å². The lowest BCUT2D eigenvalue weighted by atomic mass is 10.1. The van der Waals surface area contributed by atoms with Crippen LogP contribution in [0.2, 0.25) is 0 Å². The van der Waals surface area contributed by atoms with E-state index in [1.807, 2.05) is 17.0 Å². The molecule has 1 saturated heterocycles. The van der Waals surface area contributed by atoms with Crippen LogP contribution in [0.1, 0.15) is 21.5 Å². The lowest BCUT2D eigenvalue weighted by Gasteiger charge is -2.32. The molecule has 0 atom stereocenters. The minimum atomic E-state index is 0.161. The first-order valence-corrected chi connectivity index (χ1v) is 10.3. The van der Waals surface area contributed by atoms with Crippen molar-refractivity contribution in [3.05, 3.63) is 77.4 Å². The molecule has 0 aliphatic carbocycles. The zero-order valence-corrected chi connectivity index (χ0v) is 16.4. The highest BCUT2D eigenvalue weighted by Gasteiger charge is 2.33. The zero-order chi connectivity index (χ0) is 19.1. The van der Waals surface area contributed by atoms with Gasteiger partial charge in [-0.25, -0.2) is 0 Å². The number of anilines is 1. The average molecular weight is 374 g/mol. The summed E-state index contributed by atoms with van der Waals surface area (Å²) in [6, 6.07) is 21.0. The van der Waals surface area contributed by atoms with E-state index in [9.17, 15) is 4.79 Å². The molecule has 0 bridgehead atoms. The van der Waals surface area contributed by atoms with Crippen molar-refractivity contribution in [2.45, 2.75) is 13.5 Å². The van der Waals surface area contributed by atoms with Crippen molar-refractivity contribution < 1.29 is 14.6 Å². The van der Waals surface area contributed by atoms with E-state index in [1.54, 1.807) is 4.90 Å². The van der Waals surface area contributed by atoms with Crippen molar-refractivity contribution >= 4 is 22.4 Å². The standard InChI is InChI=1S/C24H25N3O/c1-18-6-2-3-7-20(18)16-25-12-14-26(15-13-25)17-27-22-11-5-9-19-8-4-10-21(23(19)22)24(27)28/h2-11H,12-17H2,1H3/p+2. The molecule has 0 saturated carbocycles. The predicted molar refractivity (Wildman–Crippen MR) is 112 cm³/mol. The summed E-state index contributed by atoms with van der Waals surface area (Å²) in [5.74, 6) is 0.161. The minimum Gasteiger partial charge on any atom is -0.322 e. The Morgan fingerprint density at radius 3 is 2.36 bits per heavy atom. The maximum atomic E-state index is 13.0. The monoisotopic (exact) mass is 373 g/mol. The van der Waals surface area contributed by atoms with E-state index < -0.39 is 0 Å². The fourth-order valence-electron chi connectivity index (χ4n) is 4.73. The van der Waals surface area contributed by atoms with Crippen LogP contribution < -0.4 is 14.7 Å². The molecule has 2 heterocycles. The zero-order valence-electron chi connectivity index (χ0n) is 16.4. The summed E-state index contributed by atoms with van der Waals surface area (Å²) in [5.41, 5.74) is 4.78. The Balaban J connectivity index is 1.26. The normalized spacial score (nSPS) is 21.5. The molecule has 0 unspecified atom stereocenters. The van der Waals surface area contributed by atoms with Crippen molar-refractivity contribution in [1.82, 2.24) is 0 Å². The molecule has 142 valence electrons. The van der Waals surface area contributed by atoms with Gasteiger partial charge in [-0.05, 0) is 30.0 Å². The van der Waals surface area contributed by atoms with Gasteiger partial charge < -0.3 is 9.80 Å². The van der Waals surface area contributed by atoms with Gasteiger partial charge >= 0.3 is 0 Å². The van der Waals surface area contributed by atoms with E-state index in [0.29, 0.717) is 0 Å². The Bertz CT molecular complexity index is 1030. The molecule has 1 fully saturated rings. The summed E-state index contributed by atoms with van der Waals surface area (Å²) in [6.45, 7) is 8.60. The van der Waals surface area contributed by atoms with E-state index in [0.717, 1.165) is 61.4 Å². The van der Waals surface area contributed by atoms with Crippen LogP contribution in [0.3, 0.4) is 0 Å². The number of hydrogen-bond donors (Lipinski definition) is 2. The van der Waals surface area contributed by atoms with Gasteiger partial charge in [-0.2, -0.15) is 0 Å². The number of nitrogens with zero attached hydrogens (tertiary/aromatic N) is 1. The van der Waals surface area contributed by atoms with Gasteiger partial charge in [-0.15, -0.1) is 0 Å². The van der Waals surface area contributed by atoms with Crippen molar-refractivity contribution in [1.29, 1.82) is 0 Å². The van der Waals surface area contributed by atoms with Gasteiger partial charge in [0.25, 0.3) is 5.91 Å². The van der Waals surface area contributed by atoms with Gasteiger partial charge in [0.2, 0.25) is 0 Å². The third-order valence-electron chi connectivity index (χ3n) is 6.40. The van der Waals surface area contributed by atoms with E-state index in [-0.39, 0.29) is 5.91 Å². The molecule has 3 aromatic carbocycles. The second kappa shape index (κ2) is 7.04. The first kappa shape index (κ1) is 17.4. The number of amides is 1. The number of aryl methyl sites for hydroxylation is 1. The maximum absolute atomic E-state index is 13.0. The number of rotatable bonds is 4. The molecule has 2 N–H and O–H groups in total. The molecule has 28 heavy (non-hydrogen) atoms.